The quantitative estimate of drug-likeness (QED) is 0.0668. The molecule has 5 unspecified atom stereocenters. The molecular formula is C24H39N7O7. The van der Waals surface area contributed by atoms with Crippen LogP contribution in [0.25, 0.3) is 0 Å². The lowest BCUT2D eigenvalue weighted by molar-refractivity contribution is -0.145. The van der Waals surface area contributed by atoms with Crippen LogP contribution in [0.4, 0.5) is 0 Å². The summed E-state index contributed by atoms with van der Waals surface area (Å²) in [5, 5.41) is 35.8. The van der Waals surface area contributed by atoms with Gasteiger partial charge in [0.15, 0.2) is 12.0 Å². The van der Waals surface area contributed by atoms with Crippen molar-refractivity contribution >= 4 is 29.7 Å². The maximum atomic E-state index is 13.1. The molecule has 0 fully saturated rings. The summed E-state index contributed by atoms with van der Waals surface area (Å²) in [7, 11) is 0. The van der Waals surface area contributed by atoms with Gasteiger partial charge >= 0.3 is 5.97 Å². The third kappa shape index (κ3) is 11.0. The molecule has 0 aliphatic heterocycles. The van der Waals surface area contributed by atoms with Crippen molar-refractivity contribution in [3.8, 4) is 5.75 Å². The number of aliphatic carboxylic acids is 1. The number of nitrogens with one attached hydrogen (secondary N) is 3. The Bertz CT molecular complexity index is 979. The number of carboxylic acid groups (broad SMARTS) is 1. The summed E-state index contributed by atoms with van der Waals surface area (Å²) in [5.74, 6) is -4.04. The number of nitrogens with zero attached hydrogens (tertiary/aromatic N) is 1. The Balaban J connectivity index is 2.97. The van der Waals surface area contributed by atoms with E-state index >= 15 is 0 Å². The Morgan fingerprint density at radius 2 is 1.50 bits per heavy atom. The SMILES string of the molecule is CC(C)C(NC(=O)C(N)Cc1ccc(O)cc1)C(=O)NC(CCCN=C(N)N)C(=O)NC(C(=O)O)C(C)O. The first-order valence-corrected chi connectivity index (χ1v) is 12.1. The number of aromatic hydroxyl groups is 1. The Morgan fingerprint density at radius 3 is 2.00 bits per heavy atom. The largest absolute Gasteiger partial charge is 0.508 e. The predicted octanol–water partition coefficient (Wildman–Crippen LogP) is -2.11. The Labute approximate surface area is 221 Å². The van der Waals surface area contributed by atoms with E-state index in [-0.39, 0.29) is 37.5 Å². The predicted molar refractivity (Wildman–Crippen MR) is 140 cm³/mol. The lowest BCUT2D eigenvalue weighted by Gasteiger charge is -2.27. The van der Waals surface area contributed by atoms with Crippen LogP contribution in [0.15, 0.2) is 29.3 Å². The number of aliphatic imine (C=N–C) groups is 1. The van der Waals surface area contributed by atoms with Gasteiger partial charge in [-0.05, 0) is 49.8 Å². The van der Waals surface area contributed by atoms with E-state index < -0.39 is 59.9 Å². The van der Waals surface area contributed by atoms with Crippen LogP contribution in [0.2, 0.25) is 0 Å². The molecule has 0 heterocycles. The molecule has 14 heteroatoms. The van der Waals surface area contributed by atoms with Gasteiger partial charge in [-0.2, -0.15) is 0 Å². The number of aliphatic hydroxyl groups excluding tert-OH is 1. The van der Waals surface area contributed by atoms with Crippen molar-refractivity contribution in [1.29, 1.82) is 0 Å². The van der Waals surface area contributed by atoms with E-state index in [0.717, 1.165) is 0 Å². The molecule has 0 spiro atoms. The number of phenolic OH excluding ortho intramolecular Hbond substituents is 1. The van der Waals surface area contributed by atoms with Crippen LogP contribution >= 0.6 is 0 Å². The minimum Gasteiger partial charge on any atom is -0.508 e. The first kappa shape index (κ1) is 32.1. The first-order chi connectivity index (χ1) is 17.7. The smallest absolute Gasteiger partial charge is 0.328 e. The molecule has 212 valence electrons. The topological polar surface area (TPSA) is 255 Å². The summed E-state index contributed by atoms with van der Waals surface area (Å²) in [6.45, 7) is 4.74. The number of carbonyl (C=O) groups is 4. The standard InChI is InChI=1S/C24H39N7O7/c1-12(2)18(30-20(34)16(25)11-14-6-8-15(33)9-7-14)22(36)29-17(5-4-10-28-24(26)27)21(35)31-19(13(3)32)23(37)38/h6-9,12-13,16-19,32-33H,4-5,10-11,25H2,1-3H3,(H,29,36)(H,30,34)(H,31,35)(H,37,38)(H4,26,27,28). The molecule has 0 aliphatic rings. The molecule has 3 amide bonds. The number of amides is 3. The lowest BCUT2D eigenvalue weighted by Crippen LogP contribution is -2.59. The fourth-order valence-corrected chi connectivity index (χ4v) is 3.45. The molecule has 5 atom stereocenters. The summed E-state index contributed by atoms with van der Waals surface area (Å²) in [4.78, 5) is 54.0. The summed E-state index contributed by atoms with van der Waals surface area (Å²) in [6, 6.07) is 1.32. The van der Waals surface area contributed by atoms with Crippen molar-refractivity contribution in [2.45, 2.75) is 70.3 Å². The van der Waals surface area contributed by atoms with Crippen LogP contribution < -0.4 is 33.2 Å². The fourth-order valence-electron chi connectivity index (χ4n) is 3.45. The Hall–Kier alpha value is -3.91. The van der Waals surface area contributed by atoms with Crippen molar-refractivity contribution < 1.29 is 34.5 Å². The van der Waals surface area contributed by atoms with Gasteiger partial charge in [0.1, 0.15) is 17.8 Å². The van der Waals surface area contributed by atoms with Crippen LogP contribution in [0.3, 0.4) is 0 Å². The molecule has 14 nitrogen and oxygen atoms in total. The number of hydrogen-bond donors (Lipinski definition) is 9. The van der Waals surface area contributed by atoms with E-state index in [1.54, 1.807) is 26.0 Å². The van der Waals surface area contributed by atoms with Gasteiger partial charge in [0, 0.05) is 6.54 Å². The highest BCUT2D eigenvalue weighted by Gasteiger charge is 2.32. The number of carboxylic acids is 1. The Kier molecular flexibility index (Phi) is 13.0. The van der Waals surface area contributed by atoms with Gasteiger partial charge in [-0.3, -0.25) is 19.4 Å². The van der Waals surface area contributed by atoms with E-state index in [0.29, 0.717) is 5.56 Å². The lowest BCUT2D eigenvalue weighted by atomic mass is 10.00. The van der Waals surface area contributed by atoms with Crippen molar-refractivity contribution in [2.24, 2.45) is 28.1 Å². The number of benzene rings is 1. The van der Waals surface area contributed by atoms with Gasteiger partial charge < -0.3 is 48.5 Å². The maximum absolute atomic E-state index is 13.1. The molecule has 1 aromatic carbocycles. The molecule has 0 saturated carbocycles. The third-order valence-electron chi connectivity index (χ3n) is 5.60. The van der Waals surface area contributed by atoms with Crippen molar-refractivity contribution in [3.05, 3.63) is 29.8 Å². The van der Waals surface area contributed by atoms with Crippen LogP contribution in [-0.2, 0) is 25.6 Å². The van der Waals surface area contributed by atoms with E-state index in [9.17, 15) is 34.5 Å². The van der Waals surface area contributed by atoms with Gasteiger partial charge in [-0.1, -0.05) is 26.0 Å². The molecule has 0 bridgehead atoms. The third-order valence-corrected chi connectivity index (χ3v) is 5.60. The van der Waals surface area contributed by atoms with E-state index in [2.05, 4.69) is 20.9 Å². The van der Waals surface area contributed by atoms with Gasteiger partial charge in [-0.15, -0.1) is 0 Å². The zero-order chi connectivity index (χ0) is 29.0. The molecule has 1 aromatic rings. The Morgan fingerprint density at radius 1 is 0.921 bits per heavy atom. The molecule has 38 heavy (non-hydrogen) atoms. The van der Waals surface area contributed by atoms with Crippen molar-refractivity contribution in [3.63, 3.8) is 0 Å². The number of nitrogens with two attached hydrogens (primary N) is 3. The van der Waals surface area contributed by atoms with E-state index in [4.69, 9.17) is 17.2 Å². The van der Waals surface area contributed by atoms with Gasteiger partial charge in [0.2, 0.25) is 17.7 Å². The van der Waals surface area contributed by atoms with Gasteiger partial charge in [0.25, 0.3) is 0 Å². The molecule has 0 saturated heterocycles. The fraction of sp³-hybridized carbons (Fsp3) is 0.542. The molecule has 0 aliphatic carbocycles. The molecule has 0 radical (unpaired) electrons. The number of aliphatic hydroxyl groups is 1. The number of carbonyl (C=O) groups excluding carboxylic acids is 3. The second kappa shape index (κ2) is 15.4. The number of rotatable bonds is 15. The molecule has 1 rings (SSSR count). The average molecular weight is 538 g/mol. The monoisotopic (exact) mass is 537 g/mol. The summed E-state index contributed by atoms with van der Waals surface area (Å²) >= 11 is 0. The highest BCUT2D eigenvalue weighted by molar-refractivity contribution is 5.94. The molecular weight excluding hydrogens is 498 g/mol. The van der Waals surface area contributed by atoms with Gasteiger partial charge in [0.05, 0.1) is 12.1 Å². The minimum absolute atomic E-state index is 0.0413. The second-order valence-electron chi connectivity index (χ2n) is 9.28. The van der Waals surface area contributed by atoms with Crippen LogP contribution in [0.1, 0.15) is 39.2 Å². The van der Waals surface area contributed by atoms with Gasteiger partial charge in [-0.25, -0.2) is 4.79 Å². The number of phenols is 1. The highest BCUT2D eigenvalue weighted by atomic mass is 16.4. The van der Waals surface area contributed by atoms with E-state index in [1.807, 2.05) is 0 Å². The first-order valence-electron chi connectivity index (χ1n) is 12.1. The maximum Gasteiger partial charge on any atom is 0.328 e. The number of guanidine groups is 1. The molecule has 0 aromatic heterocycles. The van der Waals surface area contributed by atoms with Crippen molar-refractivity contribution in [2.75, 3.05) is 6.54 Å². The summed E-state index contributed by atoms with van der Waals surface area (Å²) in [5.41, 5.74) is 17.3. The average Bonchev–Trinajstić information content (AvgIpc) is 2.82. The molecule has 12 N–H and O–H groups in total. The zero-order valence-corrected chi connectivity index (χ0v) is 21.8. The van der Waals surface area contributed by atoms with Crippen LogP contribution in [-0.4, -0.2) is 81.8 Å². The normalized spacial score (nSPS) is 14.9. The summed E-state index contributed by atoms with van der Waals surface area (Å²) < 4.78 is 0. The van der Waals surface area contributed by atoms with Crippen LogP contribution in [0, 0.1) is 5.92 Å². The second-order valence-corrected chi connectivity index (χ2v) is 9.28. The van der Waals surface area contributed by atoms with Crippen molar-refractivity contribution in [1.82, 2.24) is 16.0 Å². The zero-order valence-electron chi connectivity index (χ0n) is 21.8. The highest BCUT2D eigenvalue weighted by Crippen LogP contribution is 2.12. The summed E-state index contributed by atoms with van der Waals surface area (Å²) in [6.07, 6.45) is -0.935. The van der Waals surface area contributed by atoms with Crippen LogP contribution in [0.5, 0.6) is 5.75 Å². The number of hydrogen-bond acceptors (Lipinski definition) is 8. The van der Waals surface area contributed by atoms with E-state index in [1.165, 1.54) is 19.1 Å². The minimum atomic E-state index is -1.60.